The molecular weight excluding hydrogens is 466 g/mol. The molecule has 2 amide bonds. The van der Waals surface area contributed by atoms with Crippen molar-refractivity contribution in [3.63, 3.8) is 0 Å². The van der Waals surface area contributed by atoms with Crippen LogP contribution >= 0.6 is 11.3 Å². The van der Waals surface area contributed by atoms with E-state index >= 15 is 0 Å². The number of carboxylic acid groups (broad SMARTS) is 1. The van der Waals surface area contributed by atoms with E-state index in [1.165, 1.54) is 6.20 Å². The van der Waals surface area contributed by atoms with E-state index in [4.69, 9.17) is 9.84 Å². The highest BCUT2D eigenvalue weighted by Crippen LogP contribution is 2.44. The third kappa shape index (κ3) is 4.90. The van der Waals surface area contributed by atoms with Gasteiger partial charge in [-0.1, -0.05) is 59.9 Å². The van der Waals surface area contributed by atoms with Crippen LogP contribution in [0.5, 0.6) is 0 Å². The SMILES string of the molecule is O=C(O)CC1CCCN(C(=O)c2cnc(NC(=O)OCC3c4ccccc4-c4ccccc43)s2)C1. The van der Waals surface area contributed by atoms with E-state index in [2.05, 4.69) is 34.6 Å². The molecule has 2 aromatic carbocycles. The van der Waals surface area contributed by atoms with Crippen molar-refractivity contribution in [1.82, 2.24) is 9.88 Å². The lowest BCUT2D eigenvalue weighted by molar-refractivity contribution is -0.138. The molecule has 2 heterocycles. The first-order valence-corrected chi connectivity index (χ1v) is 12.4. The van der Waals surface area contributed by atoms with Crippen LogP contribution in [0.1, 0.15) is 46.0 Å². The number of ether oxygens (including phenoxy) is 1. The molecule has 1 aromatic heterocycles. The maximum atomic E-state index is 12.9. The number of hydrogen-bond donors (Lipinski definition) is 2. The fourth-order valence-electron chi connectivity index (χ4n) is 4.97. The lowest BCUT2D eigenvalue weighted by atomic mass is 9.95. The second-order valence-corrected chi connectivity index (χ2v) is 9.87. The lowest BCUT2D eigenvalue weighted by Crippen LogP contribution is -2.40. The summed E-state index contributed by atoms with van der Waals surface area (Å²) < 4.78 is 5.55. The summed E-state index contributed by atoms with van der Waals surface area (Å²) in [5.41, 5.74) is 4.57. The van der Waals surface area contributed by atoms with E-state index in [0.717, 1.165) is 46.4 Å². The number of hydrogen-bond acceptors (Lipinski definition) is 6. The van der Waals surface area contributed by atoms with Gasteiger partial charge in [0.25, 0.3) is 5.91 Å². The summed E-state index contributed by atoms with van der Waals surface area (Å²) >= 11 is 1.08. The number of carbonyl (C=O) groups is 3. The maximum Gasteiger partial charge on any atom is 0.413 e. The Morgan fingerprint density at radius 2 is 1.77 bits per heavy atom. The molecule has 0 bridgehead atoms. The van der Waals surface area contributed by atoms with Crippen LogP contribution < -0.4 is 5.32 Å². The number of fused-ring (bicyclic) bond motifs is 3. The van der Waals surface area contributed by atoms with Crippen molar-refractivity contribution in [2.24, 2.45) is 5.92 Å². The average molecular weight is 492 g/mol. The van der Waals surface area contributed by atoms with Crippen LogP contribution in [0.15, 0.2) is 54.7 Å². The molecule has 3 aromatic rings. The number of thiazole rings is 1. The molecule has 8 nitrogen and oxygen atoms in total. The number of carboxylic acids is 1. The van der Waals surface area contributed by atoms with Gasteiger partial charge < -0.3 is 14.7 Å². The van der Waals surface area contributed by atoms with Crippen LogP contribution in [0.4, 0.5) is 9.93 Å². The Bertz CT molecular complexity index is 1230. The predicted molar refractivity (Wildman–Crippen MR) is 132 cm³/mol. The second kappa shape index (κ2) is 9.87. The minimum atomic E-state index is -0.850. The third-order valence-corrected chi connectivity index (χ3v) is 7.44. The van der Waals surface area contributed by atoms with Gasteiger partial charge in [-0.15, -0.1) is 0 Å². The summed E-state index contributed by atoms with van der Waals surface area (Å²) in [6.07, 6.45) is 2.44. The first kappa shape index (κ1) is 23.0. The second-order valence-electron chi connectivity index (χ2n) is 8.84. The van der Waals surface area contributed by atoms with Crippen LogP contribution in [0.25, 0.3) is 11.1 Å². The Kier molecular flexibility index (Phi) is 6.50. The Balaban J connectivity index is 1.19. The van der Waals surface area contributed by atoms with E-state index in [-0.39, 0.29) is 35.9 Å². The number of anilines is 1. The Labute approximate surface area is 206 Å². The van der Waals surface area contributed by atoms with E-state index < -0.39 is 12.1 Å². The molecule has 1 fully saturated rings. The average Bonchev–Trinajstić information content (AvgIpc) is 3.45. The number of carbonyl (C=O) groups excluding carboxylic acids is 2. The topological polar surface area (TPSA) is 109 Å². The minimum absolute atomic E-state index is 0.0422. The summed E-state index contributed by atoms with van der Waals surface area (Å²) in [6.45, 7) is 1.19. The quantitative estimate of drug-likeness (QED) is 0.511. The van der Waals surface area contributed by atoms with Gasteiger partial charge in [-0.3, -0.25) is 14.9 Å². The van der Waals surface area contributed by atoms with E-state index in [1.54, 1.807) is 4.90 Å². The Morgan fingerprint density at radius 1 is 1.09 bits per heavy atom. The van der Waals surface area contributed by atoms with Crippen molar-refractivity contribution in [1.29, 1.82) is 0 Å². The molecule has 1 aliphatic carbocycles. The number of nitrogens with zero attached hydrogens (tertiary/aromatic N) is 2. The van der Waals surface area contributed by atoms with Crippen molar-refractivity contribution >= 4 is 34.4 Å². The molecule has 9 heteroatoms. The highest BCUT2D eigenvalue weighted by Gasteiger charge is 2.30. The zero-order valence-electron chi connectivity index (χ0n) is 19.0. The molecule has 1 saturated heterocycles. The molecule has 0 saturated carbocycles. The summed E-state index contributed by atoms with van der Waals surface area (Å²) in [6, 6.07) is 16.2. The predicted octanol–water partition coefficient (Wildman–Crippen LogP) is 4.83. The lowest BCUT2D eigenvalue weighted by Gasteiger charge is -2.31. The first-order valence-electron chi connectivity index (χ1n) is 11.6. The van der Waals surface area contributed by atoms with Crippen LogP contribution in [-0.2, 0) is 9.53 Å². The Hall–Kier alpha value is -3.72. The maximum absolute atomic E-state index is 12.9. The standard InChI is InChI=1S/C26H25N3O5S/c30-23(31)12-16-6-5-11-29(14-16)24(32)22-13-27-25(35-22)28-26(33)34-15-21-19-9-3-1-7-17(19)18-8-2-4-10-20(18)21/h1-4,7-10,13,16,21H,5-6,11-12,14-15H2,(H,30,31)(H,27,28,33). The number of aromatic nitrogens is 1. The highest BCUT2D eigenvalue weighted by molar-refractivity contribution is 7.17. The van der Waals surface area contributed by atoms with Crippen molar-refractivity contribution in [3.05, 3.63) is 70.7 Å². The van der Waals surface area contributed by atoms with Gasteiger partial charge in [-0.2, -0.15) is 0 Å². The van der Waals surface area contributed by atoms with Crippen LogP contribution in [0, 0.1) is 5.92 Å². The molecule has 5 rings (SSSR count). The molecule has 2 N–H and O–H groups in total. The van der Waals surface area contributed by atoms with Gasteiger partial charge in [0.15, 0.2) is 5.13 Å². The van der Waals surface area contributed by atoms with Gasteiger partial charge in [0, 0.05) is 25.4 Å². The van der Waals surface area contributed by atoms with Crippen molar-refractivity contribution in [3.8, 4) is 11.1 Å². The zero-order chi connectivity index (χ0) is 24.4. The summed E-state index contributed by atoms with van der Waals surface area (Å²) in [4.78, 5) is 42.6. The number of nitrogens with one attached hydrogen (secondary N) is 1. The minimum Gasteiger partial charge on any atom is -0.481 e. The van der Waals surface area contributed by atoms with Crippen molar-refractivity contribution < 1.29 is 24.2 Å². The summed E-state index contributed by atoms with van der Waals surface area (Å²) in [5, 5.41) is 11.9. The number of aliphatic carboxylic acids is 1. The van der Waals surface area contributed by atoms with Gasteiger partial charge in [-0.05, 0) is 41.0 Å². The fraction of sp³-hybridized carbons (Fsp3) is 0.308. The Morgan fingerprint density at radius 3 is 2.46 bits per heavy atom. The first-order chi connectivity index (χ1) is 17.0. The fourth-order valence-corrected chi connectivity index (χ4v) is 5.74. The van der Waals surface area contributed by atoms with Gasteiger partial charge in [0.1, 0.15) is 11.5 Å². The van der Waals surface area contributed by atoms with Gasteiger partial charge >= 0.3 is 12.1 Å². The van der Waals surface area contributed by atoms with E-state index in [0.29, 0.717) is 18.0 Å². The molecular formula is C26H25N3O5S. The van der Waals surface area contributed by atoms with E-state index in [9.17, 15) is 14.4 Å². The molecule has 0 spiro atoms. The van der Waals surface area contributed by atoms with Crippen LogP contribution in [0.3, 0.4) is 0 Å². The van der Waals surface area contributed by atoms with Crippen molar-refractivity contribution in [2.45, 2.75) is 25.2 Å². The number of likely N-dealkylation sites (tertiary alicyclic amines) is 1. The number of piperidine rings is 1. The summed E-state index contributed by atoms with van der Waals surface area (Å²) in [7, 11) is 0. The normalized spacial score (nSPS) is 16.9. The van der Waals surface area contributed by atoms with E-state index in [1.807, 2.05) is 24.3 Å². The molecule has 2 aliphatic rings. The zero-order valence-corrected chi connectivity index (χ0v) is 19.8. The monoisotopic (exact) mass is 491 g/mol. The van der Waals surface area contributed by atoms with Crippen LogP contribution in [-0.4, -0.2) is 52.7 Å². The molecule has 1 unspecified atom stereocenters. The van der Waals surface area contributed by atoms with Crippen molar-refractivity contribution in [2.75, 3.05) is 25.0 Å². The van der Waals surface area contributed by atoms with Gasteiger partial charge in [-0.25, -0.2) is 9.78 Å². The highest BCUT2D eigenvalue weighted by atomic mass is 32.1. The molecule has 1 atom stereocenters. The largest absolute Gasteiger partial charge is 0.481 e. The number of rotatable bonds is 6. The molecule has 0 radical (unpaired) electrons. The molecule has 1 aliphatic heterocycles. The van der Waals surface area contributed by atoms with Crippen LogP contribution in [0.2, 0.25) is 0 Å². The summed E-state index contributed by atoms with van der Waals surface area (Å²) in [5.74, 6) is -1.13. The number of benzene rings is 2. The third-order valence-electron chi connectivity index (χ3n) is 6.54. The van der Waals surface area contributed by atoms with Gasteiger partial charge in [0.2, 0.25) is 0 Å². The van der Waals surface area contributed by atoms with Gasteiger partial charge in [0.05, 0.1) is 6.20 Å². The molecule has 35 heavy (non-hydrogen) atoms. The number of amides is 2. The molecule has 180 valence electrons. The smallest absolute Gasteiger partial charge is 0.413 e.